The average molecular weight is 559 g/mol. The smallest absolute Gasteiger partial charge is 0.297 e. The lowest BCUT2D eigenvalue weighted by Crippen LogP contribution is -2.63. The molecule has 4 fully saturated rings. The Morgan fingerprint density at radius 1 is 0.923 bits per heavy atom. The van der Waals surface area contributed by atoms with Gasteiger partial charge in [-0.05, 0) is 117 Å². The maximum atomic E-state index is 13.0. The van der Waals surface area contributed by atoms with Crippen molar-refractivity contribution in [2.45, 2.75) is 135 Å². The maximum Gasteiger partial charge on any atom is 0.297 e. The summed E-state index contributed by atoms with van der Waals surface area (Å²) >= 11 is 0. The van der Waals surface area contributed by atoms with E-state index in [4.69, 9.17) is 4.18 Å². The lowest BCUT2D eigenvalue weighted by molar-refractivity contribution is -0.217. The summed E-state index contributed by atoms with van der Waals surface area (Å²) < 4.78 is 31.8. The van der Waals surface area contributed by atoms with Crippen LogP contribution >= 0.6 is 0 Å². The fraction of sp³-hybridized carbons (Fsp3) is 0.824. The highest BCUT2D eigenvalue weighted by Gasteiger charge is 2.65. The van der Waals surface area contributed by atoms with Gasteiger partial charge in [0, 0.05) is 6.42 Å². The molecule has 1 aromatic carbocycles. The molecule has 1 N–H and O–H groups in total. The van der Waals surface area contributed by atoms with Crippen LogP contribution in [0.25, 0.3) is 0 Å². The van der Waals surface area contributed by atoms with Crippen molar-refractivity contribution in [2.75, 3.05) is 0 Å². The standard InChI is InChI=1S/C34H54O4S/c1-23(2)8-7-9-25(4)29-14-15-30-28-17-21-34(35)22-26(38-39(36,37)27-12-10-24(3)11-13-27)16-20-33(34,6)31(28)18-19-32(29,30)5/h10-13,23,25-26,28-31,35H,7-9,14-22H2,1-6H3/t25-,26+,28+,29-,30+,31+,32-,33-,34-/m1/s1. The lowest BCUT2D eigenvalue weighted by Gasteiger charge is -2.64. The molecule has 5 heteroatoms. The van der Waals surface area contributed by atoms with Crippen molar-refractivity contribution in [1.29, 1.82) is 0 Å². The molecule has 0 saturated heterocycles. The van der Waals surface area contributed by atoms with Crippen molar-refractivity contribution in [2.24, 2.45) is 46.3 Å². The van der Waals surface area contributed by atoms with Gasteiger partial charge in [0.05, 0.1) is 16.6 Å². The van der Waals surface area contributed by atoms with Gasteiger partial charge in [0.2, 0.25) is 0 Å². The molecular weight excluding hydrogens is 504 g/mol. The van der Waals surface area contributed by atoms with Crippen molar-refractivity contribution in [3.05, 3.63) is 29.8 Å². The van der Waals surface area contributed by atoms with Crippen molar-refractivity contribution in [3.63, 3.8) is 0 Å². The molecule has 0 unspecified atom stereocenters. The number of rotatable bonds is 8. The van der Waals surface area contributed by atoms with Gasteiger partial charge in [-0.3, -0.25) is 4.18 Å². The van der Waals surface area contributed by atoms with E-state index in [1.165, 1.54) is 44.9 Å². The van der Waals surface area contributed by atoms with Crippen LogP contribution in [0, 0.1) is 53.3 Å². The van der Waals surface area contributed by atoms with E-state index in [1.807, 2.05) is 6.92 Å². The molecule has 1 aromatic rings. The Kier molecular flexibility index (Phi) is 8.14. The van der Waals surface area contributed by atoms with Crippen molar-refractivity contribution < 1.29 is 17.7 Å². The topological polar surface area (TPSA) is 63.6 Å². The number of hydrogen-bond acceptors (Lipinski definition) is 4. The first-order valence-corrected chi connectivity index (χ1v) is 17.4. The van der Waals surface area contributed by atoms with Crippen LogP contribution in [0.15, 0.2) is 29.2 Å². The third-order valence-corrected chi connectivity index (χ3v) is 13.9. The van der Waals surface area contributed by atoms with Crippen LogP contribution in [-0.4, -0.2) is 25.2 Å². The van der Waals surface area contributed by atoms with E-state index in [2.05, 4.69) is 34.6 Å². The predicted octanol–water partition coefficient (Wildman–Crippen LogP) is 8.31. The fourth-order valence-corrected chi connectivity index (χ4v) is 11.4. The highest BCUT2D eigenvalue weighted by molar-refractivity contribution is 7.86. The van der Waals surface area contributed by atoms with Gasteiger partial charge in [-0.1, -0.05) is 71.6 Å². The lowest BCUT2D eigenvalue weighted by atomic mass is 9.43. The zero-order valence-electron chi connectivity index (χ0n) is 25.4. The SMILES string of the molecule is Cc1ccc(S(=O)(=O)O[C@H]2CC[C@]3(C)[C@H]4CC[C@]5(C)[C@@H]([C@H](C)CCCC(C)C)CC[C@H]5[C@@H]4CC[C@@]3(O)C2)cc1. The summed E-state index contributed by atoms with van der Waals surface area (Å²) in [5.74, 6) is 4.42. The Morgan fingerprint density at radius 2 is 1.64 bits per heavy atom. The van der Waals surface area contributed by atoms with Crippen LogP contribution in [0.2, 0.25) is 0 Å². The molecule has 4 nitrogen and oxygen atoms in total. The minimum atomic E-state index is -3.84. The second kappa shape index (κ2) is 10.7. The molecule has 0 bridgehead atoms. The first-order chi connectivity index (χ1) is 18.3. The van der Waals surface area contributed by atoms with E-state index in [0.29, 0.717) is 30.1 Å². The van der Waals surface area contributed by atoms with E-state index in [1.54, 1.807) is 24.3 Å². The van der Waals surface area contributed by atoms with Crippen LogP contribution in [0.3, 0.4) is 0 Å². The van der Waals surface area contributed by atoms with Gasteiger partial charge in [0.25, 0.3) is 10.1 Å². The zero-order chi connectivity index (χ0) is 28.2. The average Bonchev–Trinajstić information content (AvgIpc) is 3.22. The summed E-state index contributed by atoms with van der Waals surface area (Å²) in [6, 6.07) is 6.85. The highest BCUT2D eigenvalue weighted by atomic mass is 32.2. The third-order valence-electron chi connectivity index (χ3n) is 12.5. The van der Waals surface area contributed by atoms with Crippen molar-refractivity contribution in [3.8, 4) is 0 Å². The Bertz CT molecular complexity index is 1110. The first kappa shape index (κ1) is 29.6. The Balaban J connectivity index is 1.27. The van der Waals surface area contributed by atoms with Gasteiger partial charge in [-0.2, -0.15) is 8.42 Å². The summed E-state index contributed by atoms with van der Waals surface area (Å²) in [4.78, 5) is 0.206. The van der Waals surface area contributed by atoms with E-state index >= 15 is 0 Å². The second-order valence-corrected chi connectivity index (χ2v) is 16.7. The summed E-state index contributed by atoms with van der Waals surface area (Å²) in [6.07, 6.45) is 12.6. The number of aryl methyl sites for hydroxylation is 1. The predicted molar refractivity (Wildman–Crippen MR) is 158 cm³/mol. The molecule has 4 saturated carbocycles. The molecule has 0 radical (unpaired) electrons. The number of hydrogen-bond donors (Lipinski definition) is 1. The molecule has 0 aliphatic heterocycles. The van der Waals surface area contributed by atoms with E-state index in [9.17, 15) is 13.5 Å². The third kappa shape index (κ3) is 5.27. The van der Waals surface area contributed by atoms with Crippen LogP contribution in [0.4, 0.5) is 0 Å². The zero-order valence-corrected chi connectivity index (χ0v) is 26.2. The largest absolute Gasteiger partial charge is 0.389 e. The fourth-order valence-electron chi connectivity index (χ4n) is 10.3. The molecule has 39 heavy (non-hydrogen) atoms. The Labute approximate surface area is 238 Å². The Hall–Kier alpha value is -0.910. The van der Waals surface area contributed by atoms with E-state index < -0.39 is 21.8 Å². The van der Waals surface area contributed by atoms with Crippen LogP contribution in [0.5, 0.6) is 0 Å². The maximum absolute atomic E-state index is 13.0. The highest BCUT2D eigenvalue weighted by Crippen LogP contribution is 2.69. The summed E-state index contributed by atoms with van der Waals surface area (Å²) in [6.45, 7) is 14.1. The summed E-state index contributed by atoms with van der Waals surface area (Å²) in [5, 5.41) is 12.2. The van der Waals surface area contributed by atoms with Crippen LogP contribution < -0.4 is 0 Å². The van der Waals surface area contributed by atoms with E-state index in [-0.39, 0.29) is 10.3 Å². The minimum Gasteiger partial charge on any atom is -0.389 e. The quantitative estimate of drug-likeness (QED) is 0.326. The van der Waals surface area contributed by atoms with Crippen LogP contribution in [0.1, 0.15) is 117 Å². The molecule has 0 amide bonds. The monoisotopic (exact) mass is 558 g/mol. The number of fused-ring (bicyclic) bond motifs is 5. The second-order valence-electron chi connectivity index (χ2n) is 15.1. The van der Waals surface area contributed by atoms with E-state index in [0.717, 1.165) is 48.5 Å². The molecule has 5 rings (SSSR count). The molecule has 9 atom stereocenters. The number of aliphatic hydroxyl groups is 1. The minimum absolute atomic E-state index is 0.161. The summed E-state index contributed by atoms with van der Waals surface area (Å²) in [7, 11) is -3.84. The molecule has 0 spiro atoms. The van der Waals surface area contributed by atoms with Gasteiger partial charge < -0.3 is 5.11 Å². The Morgan fingerprint density at radius 3 is 2.33 bits per heavy atom. The van der Waals surface area contributed by atoms with Crippen LogP contribution in [-0.2, 0) is 14.3 Å². The van der Waals surface area contributed by atoms with Gasteiger partial charge in [0.15, 0.2) is 0 Å². The molecular formula is C34H54O4S. The molecule has 4 aliphatic carbocycles. The van der Waals surface area contributed by atoms with Gasteiger partial charge in [-0.15, -0.1) is 0 Å². The van der Waals surface area contributed by atoms with Crippen molar-refractivity contribution in [1.82, 2.24) is 0 Å². The molecule has 0 aromatic heterocycles. The summed E-state index contributed by atoms with van der Waals surface area (Å²) in [5.41, 5.74) is 0.444. The number of benzene rings is 1. The van der Waals surface area contributed by atoms with Gasteiger partial charge in [-0.25, -0.2) is 0 Å². The van der Waals surface area contributed by atoms with Gasteiger partial charge >= 0.3 is 0 Å². The first-order valence-electron chi connectivity index (χ1n) is 16.0. The molecule has 4 aliphatic rings. The van der Waals surface area contributed by atoms with Gasteiger partial charge in [0.1, 0.15) is 0 Å². The normalized spacial score (nSPS) is 41.1. The molecule has 220 valence electrons. The molecule has 0 heterocycles. The van der Waals surface area contributed by atoms with Crippen molar-refractivity contribution >= 4 is 10.1 Å².